The zero-order valence-electron chi connectivity index (χ0n) is 16.3. The molecule has 6 nitrogen and oxygen atoms in total. The molecule has 0 spiro atoms. The molecule has 1 amide bonds. The molecule has 2 N–H and O–H groups in total. The van der Waals surface area contributed by atoms with E-state index in [0.29, 0.717) is 0 Å². The Morgan fingerprint density at radius 2 is 1.20 bits per heavy atom. The summed E-state index contributed by atoms with van der Waals surface area (Å²) < 4.78 is 83.5. The van der Waals surface area contributed by atoms with Gasteiger partial charge in [-0.05, 0) is 32.9 Å². The van der Waals surface area contributed by atoms with Gasteiger partial charge in [0.2, 0.25) is 11.6 Å². The highest BCUT2D eigenvalue weighted by Crippen LogP contribution is 2.39. The molecule has 0 aliphatic carbocycles. The van der Waals surface area contributed by atoms with Gasteiger partial charge in [-0.1, -0.05) is 0 Å². The summed E-state index contributed by atoms with van der Waals surface area (Å²) in [7, 11) is 0. The molecule has 2 rings (SSSR count). The van der Waals surface area contributed by atoms with Crippen molar-refractivity contribution in [3.63, 3.8) is 0 Å². The topological polar surface area (TPSA) is 68.8 Å². The minimum atomic E-state index is -2.31. The summed E-state index contributed by atoms with van der Waals surface area (Å²) >= 11 is 0. The second-order valence-electron chi connectivity index (χ2n) is 5.62. The predicted molar refractivity (Wildman–Crippen MR) is 97.3 cm³/mol. The Labute approximate surface area is 168 Å². The SMILES string of the molecule is CCOc1cc(C(=O)NNc2c(F)c(F)c(F)c(F)c2F)cc(OCC)c1OCC. The number of carbonyl (C=O) groups excluding carboxylic acids is 1. The van der Waals surface area contributed by atoms with E-state index in [0.717, 1.165) is 0 Å². The molecule has 0 saturated carbocycles. The first-order valence-electron chi connectivity index (χ1n) is 8.90. The van der Waals surface area contributed by atoms with Crippen LogP contribution in [0.1, 0.15) is 31.1 Å². The third-order valence-electron chi connectivity index (χ3n) is 3.68. The van der Waals surface area contributed by atoms with E-state index in [4.69, 9.17) is 14.2 Å². The van der Waals surface area contributed by atoms with Gasteiger partial charge in [-0.3, -0.25) is 15.6 Å². The number of hydrazine groups is 1. The van der Waals surface area contributed by atoms with Crippen molar-refractivity contribution in [2.45, 2.75) is 20.8 Å². The van der Waals surface area contributed by atoms with E-state index in [9.17, 15) is 26.7 Å². The van der Waals surface area contributed by atoms with E-state index in [1.807, 2.05) is 5.43 Å². The molecule has 0 fully saturated rings. The summed E-state index contributed by atoms with van der Waals surface area (Å²) in [5, 5.41) is 0. The van der Waals surface area contributed by atoms with Crippen molar-refractivity contribution in [2.24, 2.45) is 0 Å². The van der Waals surface area contributed by atoms with Crippen molar-refractivity contribution in [2.75, 3.05) is 25.2 Å². The number of amides is 1. The number of ether oxygens (including phenoxy) is 3. The van der Waals surface area contributed by atoms with Gasteiger partial charge in [-0.25, -0.2) is 22.0 Å². The van der Waals surface area contributed by atoms with E-state index >= 15 is 0 Å². The summed E-state index contributed by atoms with van der Waals surface area (Å²) in [5.74, 6) is -11.2. The van der Waals surface area contributed by atoms with E-state index in [1.165, 1.54) is 12.1 Å². The lowest BCUT2D eigenvalue weighted by Gasteiger charge is -2.17. The van der Waals surface area contributed by atoms with Crippen molar-refractivity contribution in [3.05, 3.63) is 46.8 Å². The first-order valence-corrected chi connectivity index (χ1v) is 8.90. The fraction of sp³-hybridized carbons (Fsp3) is 0.316. The summed E-state index contributed by atoms with van der Waals surface area (Å²) in [5.41, 5.74) is 2.12. The Morgan fingerprint density at radius 1 is 0.767 bits per heavy atom. The second-order valence-corrected chi connectivity index (χ2v) is 5.62. The van der Waals surface area contributed by atoms with Crippen LogP contribution in [0.3, 0.4) is 0 Å². The summed E-state index contributed by atoms with van der Waals surface area (Å²) in [6.45, 7) is 5.90. The largest absolute Gasteiger partial charge is 0.490 e. The summed E-state index contributed by atoms with van der Waals surface area (Å²) in [4.78, 5) is 12.4. The van der Waals surface area contributed by atoms with Crippen LogP contribution in [0.4, 0.5) is 27.6 Å². The lowest BCUT2D eigenvalue weighted by atomic mass is 10.1. The van der Waals surface area contributed by atoms with Crippen molar-refractivity contribution < 1.29 is 41.0 Å². The van der Waals surface area contributed by atoms with E-state index < -0.39 is 40.7 Å². The van der Waals surface area contributed by atoms with Crippen LogP contribution in [0.2, 0.25) is 0 Å². The van der Waals surface area contributed by atoms with Crippen molar-refractivity contribution in [1.29, 1.82) is 0 Å². The number of anilines is 1. The van der Waals surface area contributed by atoms with Gasteiger partial charge < -0.3 is 14.2 Å². The highest BCUT2D eigenvalue weighted by Gasteiger charge is 2.26. The number of hydrogen-bond acceptors (Lipinski definition) is 5. The molecule has 30 heavy (non-hydrogen) atoms. The molecule has 2 aromatic rings. The average Bonchev–Trinajstić information content (AvgIpc) is 2.73. The molecule has 0 aliphatic rings. The number of rotatable bonds is 9. The van der Waals surface area contributed by atoms with Crippen LogP contribution in [0.15, 0.2) is 12.1 Å². The van der Waals surface area contributed by atoms with Gasteiger partial charge in [0.05, 0.1) is 19.8 Å². The van der Waals surface area contributed by atoms with Crippen LogP contribution in [-0.4, -0.2) is 25.7 Å². The van der Waals surface area contributed by atoms with Gasteiger partial charge in [0.1, 0.15) is 5.69 Å². The van der Waals surface area contributed by atoms with Gasteiger partial charge in [0.15, 0.2) is 34.8 Å². The molecule has 0 bridgehead atoms. The van der Waals surface area contributed by atoms with Gasteiger partial charge in [-0.2, -0.15) is 0 Å². The fourth-order valence-electron chi connectivity index (χ4n) is 2.43. The smallest absolute Gasteiger partial charge is 0.269 e. The maximum Gasteiger partial charge on any atom is 0.269 e. The summed E-state index contributed by atoms with van der Waals surface area (Å²) in [6, 6.07) is 2.57. The van der Waals surface area contributed by atoms with Crippen LogP contribution in [-0.2, 0) is 0 Å². The number of halogens is 5. The molecule has 2 aromatic carbocycles. The van der Waals surface area contributed by atoms with E-state index in [2.05, 4.69) is 0 Å². The standard InChI is InChI=1S/C19H19F5N2O4/c1-4-28-10-7-9(8-11(29-5-2)18(10)30-6-3)19(27)26-25-17-15(23)13(21)12(20)14(22)16(17)24/h7-8,25H,4-6H2,1-3H3,(H,26,27). The minimum Gasteiger partial charge on any atom is -0.490 e. The molecule has 0 radical (unpaired) electrons. The number of carbonyl (C=O) groups is 1. The Hall–Kier alpha value is -3.24. The zero-order chi connectivity index (χ0) is 22.4. The third kappa shape index (κ3) is 4.66. The van der Waals surface area contributed by atoms with Crippen LogP contribution in [0.5, 0.6) is 17.2 Å². The molecular weight excluding hydrogens is 415 g/mol. The maximum absolute atomic E-state index is 13.7. The first-order chi connectivity index (χ1) is 14.3. The summed E-state index contributed by atoms with van der Waals surface area (Å²) in [6.07, 6.45) is 0. The van der Waals surface area contributed by atoms with Gasteiger partial charge in [0.25, 0.3) is 5.91 Å². The lowest BCUT2D eigenvalue weighted by molar-refractivity contribution is 0.0961. The van der Waals surface area contributed by atoms with Crippen LogP contribution < -0.4 is 25.1 Å². The molecule has 0 atom stereocenters. The normalized spacial score (nSPS) is 10.5. The van der Waals surface area contributed by atoms with Crippen LogP contribution in [0, 0.1) is 29.1 Å². The zero-order valence-corrected chi connectivity index (χ0v) is 16.3. The van der Waals surface area contributed by atoms with Crippen molar-refractivity contribution in [1.82, 2.24) is 5.43 Å². The molecule has 0 unspecified atom stereocenters. The number of nitrogens with one attached hydrogen (secondary N) is 2. The highest BCUT2D eigenvalue weighted by molar-refractivity contribution is 5.96. The molecule has 164 valence electrons. The predicted octanol–water partition coefficient (Wildman–Crippen LogP) is 4.34. The molecule has 0 aromatic heterocycles. The molecule has 0 heterocycles. The van der Waals surface area contributed by atoms with Crippen LogP contribution >= 0.6 is 0 Å². The van der Waals surface area contributed by atoms with Gasteiger partial charge in [0, 0.05) is 5.56 Å². The quantitative estimate of drug-likeness (QED) is 0.266. The van der Waals surface area contributed by atoms with Crippen molar-refractivity contribution >= 4 is 11.6 Å². The Kier molecular flexibility index (Phi) is 7.67. The molecule has 11 heteroatoms. The van der Waals surface area contributed by atoms with Gasteiger partial charge >= 0.3 is 0 Å². The lowest BCUT2D eigenvalue weighted by Crippen LogP contribution is -2.31. The second kappa shape index (κ2) is 9.99. The Balaban J connectivity index is 2.35. The highest BCUT2D eigenvalue weighted by atomic mass is 19.2. The molecular formula is C19H19F5N2O4. The van der Waals surface area contributed by atoms with Gasteiger partial charge in [-0.15, -0.1) is 0 Å². The van der Waals surface area contributed by atoms with Crippen LogP contribution in [0.25, 0.3) is 0 Å². The average molecular weight is 434 g/mol. The number of hydrogen-bond donors (Lipinski definition) is 2. The number of benzene rings is 2. The molecule has 0 saturated heterocycles. The maximum atomic E-state index is 13.7. The minimum absolute atomic E-state index is 0.0817. The Morgan fingerprint density at radius 3 is 1.63 bits per heavy atom. The first kappa shape index (κ1) is 23.0. The van der Waals surface area contributed by atoms with E-state index in [1.54, 1.807) is 26.2 Å². The molecule has 0 aliphatic heterocycles. The third-order valence-corrected chi connectivity index (χ3v) is 3.68. The van der Waals surface area contributed by atoms with E-state index in [-0.39, 0.29) is 42.6 Å². The Bertz CT molecular complexity index is 884. The van der Waals surface area contributed by atoms with Crippen molar-refractivity contribution in [3.8, 4) is 17.2 Å². The fourth-order valence-corrected chi connectivity index (χ4v) is 2.43. The monoisotopic (exact) mass is 434 g/mol.